The van der Waals surface area contributed by atoms with E-state index >= 15 is 0 Å². The first-order chi connectivity index (χ1) is 15.1. The van der Waals surface area contributed by atoms with E-state index in [1.54, 1.807) is 42.1 Å². The van der Waals surface area contributed by atoms with E-state index in [4.69, 9.17) is 9.47 Å². The number of carbonyl (C=O) groups excluding carboxylic acids is 1. The Labute approximate surface area is 184 Å². The van der Waals surface area contributed by atoms with Crippen molar-refractivity contribution >= 4 is 29.1 Å². The Kier molecular flexibility index (Phi) is 6.09. The number of ether oxygens (including phenoxy) is 2. The third-order valence-electron chi connectivity index (χ3n) is 5.03. The Bertz CT molecular complexity index is 1150. The lowest BCUT2D eigenvalue weighted by molar-refractivity contribution is -0.130. The molecule has 1 aliphatic rings. The summed E-state index contributed by atoms with van der Waals surface area (Å²) in [5.74, 6) is -0.463. The molecule has 1 heterocycles. The highest BCUT2D eigenvalue weighted by molar-refractivity contribution is 7.98. The van der Waals surface area contributed by atoms with Crippen LogP contribution in [-0.2, 0) is 11.2 Å². The Balaban J connectivity index is 1.86. The van der Waals surface area contributed by atoms with Crippen molar-refractivity contribution in [2.45, 2.75) is 11.3 Å². The van der Waals surface area contributed by atoms with E-state index in [0.717, 1.165) is 10.5 Å². The largest absolute Gasteiger partial charge is 0.478 e. The number of thioether (sulfide) groups is 1. The maximum Gasteiger partial charge on any atom is 0.336 e. The summed E-state index contributed by atoms with van der Waals surface area (Å²) in [5, 5.41) is 10.1. The molecular formula is C25H20O5S. The van der Waals surface area contributed by atoms with Gasteiger partial charge in [0.05, 0.1) is 5.57 Å². The Hall–Kier alpha value is -3.51. The first-order valence-electron chi connectivity index (χ1n) is 9.66. The van der Waals surface area contributed by atoms with E-state index in [-0.39, 0.29) is 30.1 Å². The van der Waals surface area contributed by atoms with Crippen molar-refractivity contribution < 1.29 is 24.2 Å². The molecule has 0 unspecified atom stereocenters. The molecule has 0 atom stereocenters. The molecule has 1 N–H and O–H groups in total. The van der Waals surface area contributed by atoms with Crippen LogP contribution in [0.3, 0.4) is 0 Å². The Morgan fingerprint density at radius 1 is 0.903 bits per heavy atom. The molecule has 5 nitrogen and oxygen atoms in total. The van der Waals surface area contributed by atoms with Gasteiger partial charge < -0.3 is 14.6 Å². The number of ketones is 1. The van der Waals surface area contributed by atoms with Gasteiger partial charge in [-0.1, -0.05) is 36.4 Å². The number of allylic oxidation sites excluding steroid dienone is 1. The molecule has 0 fully saturated rings. The van der Waals surface area contributed by atoms with Crippen molar-refractivity contribution in [3.05, 3.63) is 95.1 Å². The number of hydrogen-bond donors (Lipinski definition) is 1. The molecule has 0 amide bonds. The summed E-state index contributed by atoms with van der Waals surface area (Å²) in [4.78, 5) is 26.9. The summed E-state index contributed by atoms with van der Waals surface area (Å²) >= 11 is 1.58. The predicted octanol–water partition coefficient (Wildman–Crippen LogP) is 5.10. The molecule has 0 spiro atoms. The van der Waals surface area contributed by atoms with Crippen LogP contribution in [0.5, 0.6) is 11.5 Å². The summed E-state index contributed by atoms with van der Waals surface area (Å²) in [6.45, 7) is 0.0858. The fraction of sp³-hybridized carbons (Fsp3) is 0.120. The highest BCUT2D eigenvalue weighted by Gasteiger charge is 2.25. The van der Waals surface area contributed by atoms with Gasteiger partial charge in [0.25, 0.3) is 0 Å². The van der Waals surface area contributed by atoms with Gasteiger partial charge in [-0.25, -0.2) is 4.79 Å². The van der Waals surface area contributed by atoms with Gasteiger partial charge in [0, 0.05) is 22.5 Å². The maximum atomic E-state index is 13.5. The van der Waals surface area contributed by atoms with Crippen LogP contribution in [-0.4, -0.2) is 29.9 Å². The van der Waals surface area contributed by atoms with Crippen LogP contribution >= 0.6 is 11.8 Å². The van der Waals surface area contributed by atoms with E-state index in [1.165, 1.54) is 0 Å². The molecule has 0 aliphatic carbocycles. The summed E-state index contributed by atoms with van der Waals surface area (Å²) in [6.07, 6.45) is 2.15. The lowest BCUT2D eigenvalue weighted by Crippen LogP contribution is -2.14. The Morgan fingerprint density at radius 2 is 1.58 bits per heavy atom. The summed E-state index contributed by atoms with van der Waals surface area (Å²) in [7, 11) is 0. The Morgan fingerprint density at radius 3 is 2.26 bits per heavy atom. The van der Waals surface area contributed by atoms with Crippen molar-refractivity contribution in [2.75, 3.05) is 13.0 Å². The summed E-state index contributed by atoms with van der Waals surface area (Å²) in [5.41, 5.74) is 1.88. The van der Waals surface area contributed by atoms with E-state index < -0.39 is 5.97 Å². The third kappa shape index (κ3) is 4.49. The lowest BCUT2D eigenvalue weighted by atomic mass is 9.89. The van der Waals surface area contributed by atoms with Gasteiger partial charge in [-0.15, -0.1) is 11.8 Å². The highest BCUT2D eigenvalue weighted by atomic mass is 32.2. The van der Waals surface area contributed by atoms with Gasteiger partial charge in [-0.2, -0.15) is 0 Å². The van der Waals surface area contributed by atoms with Crippen LogP contribution in [0.15, 0.2) is 83.3 Å². The van der Waals surface area contributed by atoms with Gasteiger partial charge >= 0.3 is 5.97 Å². The lowest BCUT2D eigenvalue weighted by Gasteiger charge is -2.14. The predicted molar refractivity (Wildman–Crippen MR) is 120 cm³/mol. The van der Waals surface area contributed by atoms with E-state index in [9.17, 15) is 14.7 Å². The first-order valence-corrected chi connectivity index (χ1v) is 10.9. The zero-order valence-corrected chi connectivity index (χ0v) is 17.6. The molecule has 1 aliphatic heterocycles. The average Bonchev–Trinajstić information content (AvgIpc) is 3.27. The van der Waals surface area contributed by atoms with E-state index in [1.807, 2.05) is 48.7 Å². The quantitative estimate of drug-likeness (QED) is 0.318. The SMILES string of the molecule is CSc1ccc(C(=O)/C(Cc2ccccc2)=C(\C(=O)O)c2ccc3c(c2)OCO3)cc1. The second-order valence-corrected chi connectivity index (χ2v) is 7.83. The molecule has 6 heteroatoms. The number of carboxylic acid groups (broad SMARTS) is 1. The second-order valence-electron chi connectivity index (χ2n) is 6.95. The molecule has 31 heavy (non-hydrogen) atoms. The van der Waals surface area contributed by atoms with Crippen LogP contribution in [0.2, 0.25) is 0 Å². The molecule has 0 bridgehead atoms. The van der Waals surface area contributed by atoms with Crippen molar-refractivity contribution in [1.29, 1.82) is 0 Å². The second kappa shape index (κ2) is 9.10. The van der Waals surface area contributed by atoms with Crippen molar-refractivity contribution in [1.82, 2.24) is 0 Å². The molecule has 0 aromatic heterocycles. The molecule has 0 saturated heterocycles. The van der Waals surface area contributed by atoms with E-state index in [0.29, 0.717) is 22.6 Å². The smallest absolute Gasteiger partial charge is 0.336 e. The van der Waals surface area contributed by atoms with Gasteiger partial charge in [-0.3, -0.25) is 4.79 Å². The third-order valence-corrected chi connectivity index (χ3v) is 5.77. The number of rotatable bonds is 7. The molecular weight excluding hydrogens is 412 g/mol. The summed E-state index contributed by atoms with van der Waals surface area (Å²) < 4.78 is 10.7. The van der Waals surface area contributed by atoms with Gasteiger partial charge in [0.15, 0.2) is 17.3 Å². The van der Waals surface area contributed by atoms with Crippen molar-refractivity contribution in [3.63, 3.8) is 0 Å². The number of carboxylic acids is 1. The zero-order chi connectivity index (χ0) is 21.8. The first kappa shape index (κ1) is 20.8. The molecule has 3 aromatic rings. The molecule has 3 aromatic carbocycles. The normalized spacial score (nSPS) is 12.9. The minimum absolute atomic E-state index is 0.0407. The molecule has 0 saturated carbocycles. The van der Waals surface area contributed by atoms with Crippen molar-refractivity contribution in [2.24, 2.45) is 0 Å². The minimum Gasteiger partial charge on any atom is -0.478 e. The fourth-order valence-electron chi connectivity index (χ4n) is 3.48. The highest BCUT2D eigenvalue weighted by Crippen LogP contribution is 2.36. The average molecular weight is 432 g/mol. The standard InChI is InChI=1S/C25H20O5S/c1-31-19-10-7-17(8-11-19)24(26)20(13-16-5-3-2-4-6-16)23(25(27)28)18-9-12-21-22(14-18)30-15-29-21/h2-12,14H,13,15H2,1H3,(H,27,28)/b23-20-. The molecule has 156 valence electrons. The van der Waals surface area contributed by atoms with Crippen molar-refractivity contribution in [3.8, 4) is 11.5 Å². The number of Topliss-reactive ketones (excluding diaryl/α,β-unsaturated/α-hetero) is 1. The number of aliphatic carboxylic acids is 1. The van der Waals surface area contributed by atoms with Crippen LogP contribution in [0.4, 0.5) is 0 Å². The maximum absolute atomic E-state index is 13.5. The zero-order valence-electron chi connectivity index (χ0n) is 16.8. The monoisotopic (exact) mass is 432 g/mol. The van der Waals surface area contributed by atoms with Crippen LogP contribution in [0, 0.1) is 0 Å². The minimum atomic E-state index is -1.17. The number of fused-ring (bicyclic) bond motifs is 1. The molecule has 4 rings (SSSR count). The van der Waals surface area contributed by atoms with Crippen LogP contribution in [0.1, 0.15) is 21.5 Å². The number of carbonyl (C=O) groups is 2. The van der Waals surface area contributed by atoms with Gasteiger partial charge in [0.1, 0.15) is 0 Å². The van der Waals surface area contributed by atoms with E-state index in [2.05, 4.69) is 0 Å². The van der Waals surface area contributed by atoms with Crippen LogP contribution < -0.4 is 9.47 Å². The number of benzene rings is 3. The topological polar surface area (TPSA) is 72.8 Å². The summed E-state index contributed by atoms with van der Waals surface area (Å²) in [6, 6.07) is 21.5. The molecule has 0 radical (unpaired) electrons. The van der Waals surface area contributed by atoms with Gasteiger partial charge in [0.2, 0.25) is 6.79 Å². The fourth-order valence-corrected chi connectivity index (χ4v) is 3.89. The number of hydrogen-bond acceptors (Lipinski definition) is 5. The van der Waals surface area contributed by atoms with Gasteiger partial charge in [-0.05, 0) is 53.8 Å². The van der Waals surface area contributed by atoms with Crippen LogP contribution in [0.25, 0.3) is 5.57 Å².